The summed E-state index contributed by atoms with van der Waals surface area (Å²) < 4.78 is 35.6. The molecule has 0 unspecified atom stereocenters. The number of nitrogens with one attached hydrogen (secondary N) is 1. The minimum Gasteiger partial charge on any atom is -0.356 e. The van der Waals surface area contributed by atoms with Crippen molar-refractivity contribution in [2.45, 2.75) is 45.7 Å². The van der Waals surface area contributed by atoms with E-state index in [9.17, 15) is 18.0 Å². The van der Waals surface area contributed by atoms with Crippen LogP contribution in [0.2, 0.25) is 0 Å². The van der Waals surface area contributed by atoms with Crippen molar-refractivity contribution in [1.29, 1.82) is 0 Å². The maximum atomic E-state index is 11.9. The molecule has 3 nitrogen and oxygen atoms in total. The number of halogens is 3. The Morgan fingerprint density at radius 1 is 1.33 bits per heavy atom. The van der Waals surface area contributed by atoms with E-state index in [1.165, 1.54) is 0 Å². The zero-order valence-corrected chi connectivity index (χ0v) is 11.0. The summed E-state index contributed by atoms with van der Waals surface area (Å²) in [5, 5.41) is 2.50. The molecule has 0 rings (SSSR count). The molecule has 0 aliphatic carbocycles. The van der Waals surface area contributed by atoms with Crippen LogP contribution in [0.15, 0.2) is 0 Å². The maximum Gasteiger partial charge on any atom is 0.389 e. The largest absolute Gasteiger partial charge is 0.389 e. The lowest BCUT2D eigenvalue weighted by Crippen LogP contribution is -2.30. The fourth-order valence-corrected chi connectivity index (χ4v) is 1.78. The van der Waals surface area contributed by atoms with Gasteiger partial charge in [-0.2, -0.15) is 13.2 Å². The standard InChI is InChI=1S/C12H23F3N2O/c1-9(2)6-10(8-16)7-11(18)17-5-3-4-12(13,14)15/h9-10H,3-8,16H2,1-2H3,(H,17,18)/t10-/m0/s1. The van der Waals surface area contributed by atoms with Crippen LogP contribution >= 0.6 is 0 Å². The molecule has 0 aromatic carbocycles. The van der Waals surface area contributed by atoms with Gasteiger partial charge in [-0.1, -0.05) is 13.8 Å². The molecule has 6 heteroatoms. The Balaban J connectivity index is 3.75. The van der Waals surface area contributed by atoms with Gasteiger partial charge in [0, 0.05) is 19.4 Å². The smallest absolute Gasteiger partial charge is 0.356 e. The van der Waals surface area contributed by atoms with Crippen LogP contribution in [0, 0.1) is 11.8 Å². The number of hydrogen-bond acceptors (Lipinski definition) is 2. The van der Waals surface area contributed by atoms with Crippen LogP contribution in [0.25, 0.3) is 0 Å². The summed E-state index contributed by atoms with van der Waals surface area (Å²) in [6.07, 6.45) is -3.94. The number of rotatable bonds is 8. The second-order valence-corrected chi connectivity index (χ2v) is 5.00. The van der Waals surface area contributed by atoms with Gasteiger partial charge in [-0.15, -0.1) is 0 Å². The molecule has 0 aliphatic heterocycles. The third-order valence-electron chi connectivity index (χ3n) is 2.57. The van der Waals surface area contributed by atoms with Gasteiger partial charge in [-0.25, -0.2) is 0 Å². The first-order valence-electron chi connectivity index (χ1n) is 6.28. The average Bonchev–Trinajstić information content (AvgIpc) is 2.21. The van der Waals surface area contributed by atoms with Gasteiger partial charge in [0.15, 0.2) is 0 Å². The molecule has 1 atom stereocenters. The van der Waals surface area contributed by atoms with Crippen LogP contribution < -0.4 is 11.1 Å². The number of amides is 1. The molecule has 1 amide bonds. The summed E-state index contributed by atoms with van der Waals surface area (Å²) >= 11 is 0. The molecule has 0 aromatic heterocycles. The fraction of sp³-hybridized carbons (Fsp3) is 0.917. The molecule has 0 radical (unpaired) electrons. The minimum absolute atomic E-state index is 0.0668. The highest BCUT2D eigenvalue weighted by molar-refractivity contribution is 5.76. The molecule has 3 N–H and O–H groups in total. The summed E-state index contributed by atoms with van der Waals surface area (Å²) in [4.78, 5) is 11.5. The monoisotopic (exact) mass is 268 g/mol. The Bertz CT molecular complexity index is 242. The molecule has 0 aromatic rings. The predicted molar refractivity (Wildman–Crippen MR) is 64.9 cm³/mol. The SMILES string of the molecule is CC(C)C[C@H](CN)CC(=O)NCCCC(F)(F)F. The Kier molecular flexibility index (Phi) is 7.98. The highest BCUT2D eigenvalue weighted by Crippen LogP contribution is 2.20. The molecule has 0 saturated heterocycles. The van der Waals surface area contributed by atoms with E-state index in [0.717, 1.165) is 6.42 Å². The first-order valence-corrected chi connectivity index (χ1v) is 6.28. The van der Waals surface area contributed by atoms with E-state index in [2.05, 4.69) is 5.32 Å². The van der Waals surface area contributed by atoms with Crippen molar-refractivity contribution in [3.05, 3.63) is 0 Å². The van der Waals surface area contributed by atoms with E-state index in [4.69, 9.17) is 5.73 Å². The van der Waals surface area contributed by atoms with Gasteiger partial charge >= 0.3 is 6.18 Å². The summed E-state index contributed by atoms with van der Waals surface area (Å²) in [6, 6.07) is 0. The first-order chi connectivity index (χ1) is 8.24. The number of nitrogens with two attached hydrogens (primary N) is 1. The van der Waals surface area contributed by atoms with Crippen molar-refractivity contribution in [3.8, 4) is 0 Å². The first kappa shape index (κ1) is 17.2. The van der Waals surface area contributed by atoms with Gasteiger partial charge in [0.2, 0.25) is 5.91 Å². The summed E-state index contributed by atoms with van der Waals surface area (Å²) in [6.45, 7) is 4.58. The number of carbonyl (C=O) groups is 1. The van der Waals surface area contributed by atoms with E-state index in [-0.39, 0.29) is 24.8 Å². The Hall–Kier alpha value is -0.780. The fourth-order valence-electron chi connectivity index (χ4n) is 1.78. The van der Waals surface area contributed by atoms with Crippen LogP contribution in [0.1, 0.15) is 39.5 Å². The molecule has 0 saturated carbocycles. The molecule has 0 aliphatic rings. The van der Waals surface area contributed by atoms with Crippen molar-refractivity contribution < 1.29 is 18.0 Å². The molecule has 108 valence electrons. The highest BCUT2D eigenvalue weighted by Gasteiger charge is 2.26. The van der Waals surface area contributed by atoms with Crippen LogP contribution in [-0.4, -0.2) is 25.2 Å². The molecule has 0 heterocycles. The van der Waals surface area contributed by atoms with Crippen molar-refractivity contribution in [1.82, 2.24) is 5.32 Å². The summed E-state index contributed by atoms with van der Waals surface area (Å²) in [7, 11) is 0. The zero-order valence-electron chi connectivity index (χ0n) is 11.0. The number of hydrogen-bond donors (Lipinski definition) is 2. The number of alkyl halides is 3. The lowest BCUT2D eigenvalue weighted by atomic mass is 9.94. The third-order valence-corrected chi connectivity index (χ3v) is 2.57. The molecular weight excluding hydrogens is 245 g/mol. The van der Waals surface area contributed by atoms with Crippen molar-refractivity contribution >= 4 is 5.91 Å². The summed E-state index contributed by atoms with van der Waals surface area (Å²) in [5.41, 5.74) is 5.55. The second-order valence-electron chi connectivity index (χ2n) is 5.00. The molecule has 0 bridgehead atoms. The Labute approximate surface area is 106 Å². The van der Waals surface area contributed by atoms with Crippen LogP contribution in [0.5, 0.6) is 0 Å². The predicted octanol–water partition coefficient (Wildman–Crippen LogP) is 2.46. The molecule has 0 spiro atoms. The zero-order chi connectivity index (χ0) is 14.2. The average molecular weight is 268 g/mol. The van der Waals surface area contributed by atoms with Crippen molar-refractivity contribution in [2.75, 3.05) is 13.1 Å². The van der Waals surface area contributed by atoms with E-state index in [1.807, 2.05) is 13.8 Å². The minimum atomic E-state index is -4.15. The maximum absolute atomic E-state index is 11.9. The van der Waals surface area contributed by atoms with E-state index in [1.54, 1.807) is 0 Å². The third kappa shape index (κ3) is 10.4. The van der Waals surface area contributed by atoms with E-state index in [0.29, 0.717) is 18.9 Å². The van der Waals surface area contributed by atoms with Crippen LogP contribution in [-0.2, 0) is 4.79 Å². The number of carbonyl (C=O) groups excluding carboxylic acids is 1. The molecule has 18 heavy (non-hydrogen) atoms. The normalized spacial score (nSPS) is 13.7. The Morgan fingerprint density at radius 3 is 2.39 bits per heavy atom. The van der Waals surface area contributed by atoms with E-state index >= 15 is 0 Å². The summed E-state index contributed by atoms with van der Waals surface area (Å²) in [5.74, 6) is 0.345. The van der Waals surface area contributed by atoms with Gasteiger partial charge in [0.1, 0.15) is 0 Å². The van der Waals surface area contributed by atoms with Gasteiger partial charge in [0.05, 0.1) is 0 Å². The quantitative estimate of drug-likeness (QED) is 0.664. The van der Waals surface area contributed by atoms with Crippen molar-refractivity contribution in [3.63, 3.8) is 0 Å². The van der Waals surface area contributed by atoms with Crippen LogP contribution in [0.4, 0.5) is 13.2 Å². The Morgan fingerprint density at radius 2 is 1.94 bits per heavy atom. The van der Waals surface area contributed by atoms with Gasteiger partial charge < -0.3 is 11.1 Å². The highest BCUT2D eigenvalue weighted by atomic mass is 19.4. The van der Waals surface area contributed by atoms with Gasteiger partial charge in [0.25, 0.3) is 0 Å². The topological polar surface area (TPSA) is 55.1 Å². The van der Waals surface area contributed by atoms with Crippen LogP contribution in [0.3, 0.4) is 0 Å². The lowest BCUT2D eigenvalue weighted by molar-refractivity contribution is -0.136. The van der Waals surface area contributed by atoms with Gasteiger partial charge in [-0.05, 0) is 31.2 Å². The van der Waals surface area contributed by atoms with E-state index < -0.39 is 12.6 Å². The van der Waals surface area contributed by atoms with Gasteiger partial charge in [-0.3, -0.25) is 4.79 Å². The second kappa shape index (κ2) is 8.34. The molecular formula is C12H23F3N2O. The lowest BCUT2D eigenvalue weighted by Gasteiger charge is -2.16. The molecule has 0 fully saturated rings. The van der Waals surface area contributed by atoms with Crippen molar-refractivity contribution in [2.24, 2.45) is 17.6 Å².